The number of methoxy groups -OCH3 is 2. The number of nitrogens with zero attached hydrogens (tertiary/aromatic N) is 2. The van der Waals surface area contributed by atoms with E-state index in [-0.39, 0.29) is 24.2 Å². The van der Waals surface area contributed by atoms with Crippen LogP contribution in [0, 0.1) is 0 Å². The molecule has 1 aliphatic heterocycles. The summed E-state index contributed by atoms with van der Waals surface area (Å²) in [6.07, 6.45) is 0. The van der Waals surface area contributed by atoms with Crippen LogP contribution in [0.3, 0.4) is 0 Å². The van der Waals surface area contributed by atoms with Crippen LogP contribution in [0.25, 0.3) is 0 Å². The van der Waals surface area contributed by atoms with Crippen molar-refractivity contribution >= 4 is 24.2 Å². The first-order valence-corrected chi connectivity index (χ1v) is 8.06. The molecule has 8 heteroatoms. The van der Waals surface area contributed by atoms with Gasteiger partial charge in [-0.2, -0.15) is 0 Å². The van der Waals surface area contributed by atoms with Gasteiger partial charge in [-0.05, 0) is 18.2 Å². The maximum absolute atomic E-state index is 12.5. The van der Waals surface area contributed by atoms with E-state index in [1.807, 2.05) is 6.07 Å². The first-order chi connectivity index (χ1) is 11.7. The summed E-state index contributed by atoms with van der Waals surface area (Å²) in [4.78, 5) is 28.2. The van der Waals surface area contributed by atoms with Crippen LogP contribution in [0.5, 0.6) is 5.75 Å². The molecule has 0 aromatic heterocycles. The highest BCUT2D eigenvalue weighted by molar-refractivity contribution is 5.94. The Bertz CT molecular complexity index is 563. The molecule has 1 N–H and O–H groups in total. The third kappa shape index (κ3) is 6.19. The molecule has 1 aliphatic rings. The van der Waals surface area contributed by atoms with Gasteiger partial charge in [0.05, 0.1) is 20.3 Å². The number of piperazine rings is 1. The van der Waals surface area contributed by atoms with Crippen molar-refractivity contribution in [3.8, 4) is 5.75 Å². The Labute approximate surface area is 154 Å². The van der Waals surface area contributed by atoms with Crippen LogP contribution in [0.2, 0.25) is 0 Å². The van der Waals surface area contributed by atoms with Gasteiger partial charge in [-0.3, -0.25) is 9.59 Å². The number of hydrogen-bond donors (Lipinski definition) is 1. The van der Waals surface area contributed by atoms with E-state index in [9.17, 15) is 9.59 Å². The SMILES string of the molecule is COCCNCC(=O)N1CCN(C(=O)c2cccc(OC)c2)CC1.Cl. The predicted molar refractivity (Wildman–Crippen MR) is 97.5 cm³/mol. The fourth-order valence-corrected chi connectivity index (χ4v) is 2.58. The highest BCUT2D eigenvalue weighted by Gasteiger charge is 2.24. The lowest BCUT2D eigenvalue weighted by atomic mass is 10.1. The summed E-state index contributed by atoms with van der Waals surface area (Å²) < 4.78 is 10.1. The smallest absolute Gasteiger partial charge is 0.254 e. The summed E-state index contributed by atoms with van der Waals surface area (Å²) >= 11 is 0. The molecule has 0 saturated carbocycles. The van der Waals surface area contributed by atoms with Gasteiger partial charge in [0, 0.05) is 45.4 Å². The number of rotatable bonds is 7. The van der Waals surface area contributed by atoms with E-state index >= 15 is 0 Å². The van der Waals surface area contributed by atoms with Gasteiger partial charge >= 0.3 is 0 Å². The van der Waals surface area contributed by atoms with Gasteiger partial charge in [-0.15, -0.1) is 12.4 Å². The average Bonchev–Trinajstić information content (AvgIpc) is 2.64. The molecule has 0 spiro atoms. The van der Waals surface area contributed by atoms with Gasteiger partial charge in [-0.1, -0.05) is 6.07 Å². The second kappa shape index (κ2) is 10.9. The molecule has 0 unspecified atom stereocenters. The van der Waals surface area contributed by atoms with Crippen molar-refractivity contribution in [3.05, 3.63) is 29.8 Å². The van der Waals surface area contributed by atoms with E-state index in [1.165, 1.54) is 0 Å². The zero-order chi connectivity index (χ0) is 17.4. The molecule has 1 heterocycles. The van der Waals surface area contributed by atoms with Gasteiger partial charge < -0.3 is 24.6 Å². The number of carbonyl (C=O) groups excluding carboxylic acids is 2. The zero-order valence-electron chi connectivity index (χ0n) is 14.7. The monoisotopic (exact) mass is 371 g/mol. The van der Waals surface area contributed by atoms with E-state index in [1.54, 1.807) is 42.2 Å². The van der Waals surface area contributed by atoms with Crippen LogP contribution in [-0.2, 0) is 9.53 Å². The molecule has 0 aliphatic carbocycles. The minimum atomic E-state index is -0.0285. The first kappa shape index (κ1) is 21.2. The molecule has 1 aromatic rings. The van der Waals surface area contributed by atoms with E-state index in [4.69, 9.17) is 9.47 Å². The second-order valence-corrected chi connectivity index (χ2v) is 5.57. The molecule has 0 bridgehead atoms. The number of nitrogens with one attached hydrogen (secondary N) is 1. The Morgan fingerprint density at radius 2 is 1.80 bits per heavy atom. The Hall–Kier alpha value is -1.83. The molecule has 0 atom stereocenters. The van der Waals surface area contributed by atoms with Crippen molar-refractivity contribution in [2.75, 3.05) is 60.1 Å². The molecule has 2 amide bonds. The van der Waals surface area contributed by atoms with E-state index in [0.29, 0.717) is 57.2 Å². The number of benzene rings is 1. The molecule has 1 aromatic carbocycles. The third-order valence-corrected chi connectivity index (χ3v) is 4.00. The highest BCUT2D eigenvalue weighted by Crippen LogP contribution is 2.15. The summed E-state index contributed by atoms with van der Waals surface area (Å²) in [6.45, 7) is 3.72. The molecular formula is C17H26ClN3O4. The second-order valence-electron chi connectivity index (χ2n) is 5.57. The minimum absolute atomic E-state index is 0. The van der Waals surface area contributed by atoms with Crippen molar-refractivity contribution < 1.29 is 19.1 Å². The molecule has 25 heavy (non-hydrogen) atoms. The summed E-state index contributed by atoms with van der Waals surface area (Å²) in [5.74, 6) is 0.690. The van der Waals surface area contributed by atoms with Gasteiger partial charge in [0.1, 0.15) is 5.75 Å². The largest absolute Gasteiger partial charge is 0.497 e. The molecule has 1 saturated heterocycles. The number of amides is 2. The molecular weight excluding hydrogens is 346 g/mol. The van der Waals surface area contributed by atoms with Crippen molar-refractivity contribution in [1.82, 2.24) is 15.1 Å². The van der Waals surface area contributed by atoms with Gasteiger partial charge in [0.25, 0.3) is 5.91 Å². The lowest BCUT2D eigenvalue weighted by Gasteiger charge is -2.35. The molecule has 140 valence electrons. The van der Waals surface area contributed by atoms with E-state index in [0.717, 1.165) is 0 Å². The highest BCUT2D eigenvalue weighted by atomic mass is 35.5. The summed E-state index contributed by atoms with van der Waals surface area (Å²) in [6, 6.07) is 7.13. The minimum Gasteiger partial charge on any atom is -0.497 e. The van der Waals surface area contributed by atoms with Gasteiger partial charge in [0.15, 0.2) is 0 Å². The quantitative estimate of drug-likeness (QED) is 0.712. The summed E-state index contributed by atoms with van der Waals surface area (Å²) in [5, 5.41) is 3.05. The van der Waals surface area contributed by atoms with Crippen LogP contribution in [0.1, 0.15) is 10.4 Å². The summed E-state index contributed by atoms with van der Waals surface area (Å²) in [7, 11) is 3.21. The van der Waals surface area contributed by atoms with Gasteiger partial charge in [-0.25, -0.2) is 0 Å². The molecule has 1 fully saturated rings. The van der Waals surface area contributed by atoms with Crippen LogP contribution >= 0.6 is 12.4 Å². The number of ether oxygens (including phenoxy) is 2. The maximum Gasteiger partial charge on any atom is 0.254 e. The maximum atomic E-state index is 12.5. The number of halogens is 1. The van der Waals surface area contributed by atoms with E-state index < -0.39 is 0 Å². The number of hydrogen-bond acceptors (Lipinski definition) is 5. The topological polar surface area (TPSA) is 71.1 Å². The van der Waals surface area contributed by atoms with Crippen molar-refractivity contribution in [3.63, 3.8) is 0 Å². The lowest BCUT2D eigenvalue weighted by molar-refractivity contribution is -0.131. The van der Waals surface area contributed by atoms with Crippen LogP contribution in [0.15, 0.2) is 24.3 Å². The normalized spacial score (nSPS) is 14.0. The number of carbonyl (C=O) groups is 2. The fourth-order valence-electron chi connectivity index (χ4n) is 2.58. The Kier molecular flexibility index (Phi) is 9.26. The van der Waals surface area contributed by atoms with Crippen LogP contribution < -0.4 is 10.1 Å². The lowest BCUT2D eigenvalue weighted by Crippen LogP contribution is -2.52. The standard InChI is InChI=1S/C17H25N3O4.ClH/c1-23-11-6-18-13-16(21)19-7-9-20(10-8-19)17(22)14-4-3-5-15(12-14)24-2;/h3-5,12,18H,6-11,13H2,1-2H3;1H. The van der Waals surface area contributed by atoms with Crippen LogP contribution in [-0.4, -0.2) is 81.7 Å². The van der Waals surface area contributed by atoms with Crippen molar-refractivity contribution in [1.29, 1.82) is 0 Å². The molecule has 2 rings (SSSR count). The van der Waals surface area contributed by atoms with Crippen LogP contribution in [0.4, 0.5) is 0 Å². The third-order valence-electron chi connectivity index (χ3n) is 4.00. The predicted octanol–water partition coefficient (Wildman–Crippen LogP) is 0.637. The Morgan fingerprint density at radius 3 is 2.44 bits per heavy atom. The van der Waals surface area contributed by atoms with Crippen molar-refractivity contribution in [2.24, 2.45) is 0 Å². The Balaban J connectivity index is 0.00000312. The summed E-state index contributed by atoms with van der Waals surface area (Å²) in [5.41, 5.74) is 0.607. The average molecular weight is 372 g/mol. The Morgan fingerprint density at radius 1 is 1.12 bits per heavy atom. The van der Waals surface area contributed by atoms with E-state index in [2.05, 4.69) is 5.32 Å². The molecule has 0 radical (unpaired) electrons. The van der Waals surface area contributed by atoms with Crippen molar-refractivity contribution in [2.45, 2.75) is 0 Å². The zero-order valence-corrected chi connectivity index (χ0v) is 15.5. The molecule has 7 nitrogen and oxygen atoms in total. The van der Waals surface area contributed by atoms with Gasteiger partial charge in [0.2, 0.25) is 5.91 Å². The first-order valence-electron chi connectivity index (χ1n) is 8.06. The fraction of sp³-hybridized carbons (Fsp3) is 0.529.